The van der Waals surface area contributed by atoms with E-state index in [-0.39, 0.29) is 12.5 Å². The molecule has 2 aromatic heterocycles. The number of nitrogens with zero attached hydrogens (tertiary/aromatic N) is 4. The Morgan fingerprint density at radius 2 is 1.92 bits per heavy atom. The summed E-state index contributed by atoms with van der Waals surface area (Å²) in [5.74, 6) is -0.181. The zero-order valence-electron chi connectivity index (χ0n) is 12.3. The molecule has 1 aromatic carbocycles. The highest BCUT2D eigenvalue weighted by atomic mass is 79.9. The Morgan fingerprint density at radius 1 is 1.12 bits per heavy atom. The molecule has 3 rings (SSSR count). The van der Waals surface area contributed by atoms with Gasteiger partial charge in [-0.2, -0.15) is 10.2 Å². The molecule has 0 radical (unpaired) electrons. The second-order valence-corrected chi connectivity index (χ2v) is 6.81. The molecule has 0 saturated carbocycles. The molecule has 0 aliphatic rings. The van der Waals surface area contributed by atoms with Crippen LogP contribution in [0.25, 0.3) is 0 Å². The van der Waals surface area contributed by atoms with Crippen molar-refractivity contribution in [2.45, 2.75) is 13.1 Å². The van der Waals surface area contributed by atoms with Crippen LogP contribution >= 0.6 is 39.1 Å². The fraction of sp³-hybridized carbons (Fsp3) is 0.133. The number of anilines is 1. The van der Waals surface area contributed by atoms with Crippen molar-refractivity contribution in [3.8, 4) is 0 Å². The molecule has 0 fully saturated rings. The summed E-state index contributed by atoms with van der Waals surface area (Å²) in [5.41, 5.74) is 1.58. The van der Waals surface area contributed by atoms with Crippen LogP contribution in [0.15, 0.2) is 47.5 Å². The molecular formula is C15H12BrCl2N5O. The van der Waals surface area contributed by atoms with E-state index in [1.165, 1.54) is 0 Å². The van der Waals surface area contributed by atoms with Crippen LogP contribution < -0.4 is 5.32 Å². The molecule has 0 atom stereocenters. The number of carbonyl (C=O) groups is 1. The number of aromatic nitrogens is 4. The van der Waals surface area contributed by atoms with Crippen LogP contribution in [0.4, 0.5) is 5.69 Å². The first kappa shape index (κ1) is 17.0. The summed E-state index contributed by atoms with van der Waals surface area (Å²) in [6.07, 6.45) is 6.70. The van der Waals surface area contributed by atoms with Gasteiger partial charge in [-0.05, 0) is 33.6 Å². The van der Waals surface area contributed by atoms with E-state index in [4.69, 9.17) is 23.2 Å². The number of amides is 1. The van der Waals surface area contributed by atoms with Gasteiger partial charge in [0.25, 0.3) is 0 Å². The smallest absolute Gasteiger partial charge is 0.246 e. The average molecular weight is 429 g/mol. The number of hydrogen-bond donors (Lipinski definition) is 1. The first-order valence-corrected chi connectivity index (χ1v) is 8.49. The highest BCUT2D eigenvalue weighted by Gasteiger charge is 2.07. The first-order valence-electron chi connectivity index (χ1n) is 6.94. The lowest BCUT2D eigenvalue weighted by Crippen LogP contribution is -2.18. The minimum atomic E-state index is -0.181. The summed E-state index contributed by atoms with van der Waals surface area (Å²) in [4.78, 5) is 12.0. The maximum Gasteiger partial charge on any atom is 0.246 e. The third-order valence-electron chi connectivity index (χ3n) is 3.15. The van der Waals surface area contributed by atoms with Gasteiger partial charge >= 0.3 is 0 Å². The minimum absolute atomic E-state index is 0.129. The molecule has 1 N–H and O–H groups in total. The standard InChI is InChI=1S/C15H12BrCl2N5O/c16-11-4-19-23(7-11)9-15(24)21-12-5-20-22(8-12)6-10-1-2-13(17)14(18)3-10/h1-5,7-8H,6,9H2,(H,21,24). The van der Waals surface area contributed by atoms with Crippen molar-refractivity contribution in [3.63, 3.8) is 0 Å². The van der Waals surface area contributed by atoms with Crippen LogP contribution in [0.5, 0.6) is 0 Å². The summed E-state index contributed by atoms with van der Waals surface area (Å²) < 4.78 is 4.07. The van der Waals surface area contributed by atoms with Gasteiger partial charge in [-0.1, -0.05) is 29.3 Å². The molecule has 2 heterocycles. The molecule has 0 bridgehead atoms. The first-order chi connectivity index (χ1) is 11.5. The van der Waals surface area contributed by atoms with Gasteiger partial charge < -0.3 is 5.32 Å². The van der Waals surface area contributed by atoms with Crippen molar-refractivity contribution in [1.29, 1.82) is 0 Å². The maximum atomic E-state index is 12.0. The van der Waals surface area contributed by atoms with Crippen molar-refractivity contribution in [3.05, 3.63) is 63.1 Å². The third-order valence-corrected chi connectivity index (χ3v) is 4.30. The zero-order valence-corrected chi connectivity index (χ0v) is 15.4. The van der Waals surface area contributed by atoms with Crippen LogP contribution in [0.3, 0.4) is 0 Å². The van der Waals surface area contributed by atoms with Gasteiger partial charge in [-0.25, -0.2) is 0 Å². The van der Waals surface area contributed by atoms with Gasteiger partial charge in [0.1, 0.15) is 6.54 Å². The lowest BCUT2D eigenvalue weighted by molar-refractivity contribution is -0.116. The second kappa shape index (κ2) is 7.38. The summed E-state index contributed by atoms with van der Waals surface area (Å²) in [6, 6.07) is 5.41. The topological polar surface area (TPSA) is 64.7 Å². The van der Waals surface area contributed by atoms with Crippen LogP contribution in [0.2, 0.25) is 10.0 Å². The molecule has 0 unspecified atom stereocenters. The lowest BCUT2D eigenvalue weighted by atomic mass is 10.2. The van der Waals surface area contributed by atoms with Gasteiger partial charge in [-0.15, -0.1) is 0 Å². The van der Waals surface area contributed by atoms with E-state index in [9.17, 15) is 4.79 Å². The Bertz CT molecular complexity index is 876. The highest BCUT2D eigenvalue weighted by molar-refractivity contribution is 9.10. The van der Waals surface area contributed by atoms with E-state index in [0.29, 0.717) is 22.3 Å². The fourth-order valence-corrected chi connectivity index (χ4v) is 2.76. The van der Waals surface area contributed by atoms with Gasteiger partial charge in [0.15, 0.2) is 0 Å². The molecule has 0 saturated heterocycles. The molecule has 0 aliphatic carbocycles. The van der Waals surface area contributed by atoms with Crippen LogP contribution in [-0.4, -0.2) is 25.5 Å². The SMILES string of the molecule is O=C(Cn1cc(Br)cn1)Nc1cnn(Cc2ccc(Cl)c(Cl)c2)c1. The van der Waals surface area contributed by atoms with Crippen molar-refractivity contribution >= 4 is 50.7 Å². The number of halogens is 3. The number of benzene rings is 1. The normalized spacial score (nSPS) is 10.8. The van der Waals surface area contributed by atoms with Crippen LogP contribution in [0, 0.1) is 0 Å². The minimum Gasteiger partial charge on any atom is -0.322 e. The molecule has 0 spiro atoms. The molecule has 3 aromatic rings. The highest BCUT2D eigenvalue weighted by Crippen LogP contribution is 2.23. The summed E-state index contributed by atoms with van der Waals surface area (Å²) in [6.45, 7) is 0.655. The van der Waals surface area contributed by atoms with E-state index in [2.05, 4.69) is 31.4 Å². The van der Waals surface area contributed by atoms with E-state index in [1.54, 1.807) is 46.3 Å². The number of nitrogens with one attached hydrogen (secondary N) is 1. The van der Waals surface area contributed by atoms with Crippen molar-refractivity contribution in [2.24, 2.45) is 0 Å². The van der Waals surface area contributed by atoms with Crippen LogP contribution in [-0.2, 0) is 17.9 Å². The monoisotopic (exact) mass is 427 g/mol. The molecule has 9 heteroatoms. The van der Waals surface area contributed by atoms with Gasteiger partial charge in [0, 0.05) is 12.4 Å². The second-order valence-electron chi connectivity index (χ2n) is 5.08. The quantitative estimate of drug-likeness (QED) is 0.671. The summed E-state index contributed by atoms with van der Waals surface area (Å²) in [5, 5.41) is 12.1. The number of carbonyl (C=O) groups excluding carboxylic acids is 1. The van der Waals surface area contributed by atoms with Crippen molar-refractivity contribution < 1.29 is 4.79 Å². The largest absolute Gasteiger partial charge is 0.322 e. The van der Waals surface area contributed by atoms with E-state index >= 15 is 0 Å². The Labute approximate surface area is 156 Å². The fourth-order valence-electron chi connectivity index (χ4n) is 2.11. The Hall–Kier alpha value is -1.83. The molecule has 1 amide bonds. The average Bonchev–Trinajstić information content (AvgIpc) is 3.12. The maximum absolute atomic E-state index is 12.0. The van der Waals surface area contributed by atoms with E-state index < -0.39 is 0 Å². The van der Waals surface area contributed by atoms with E-state index in [1.807, 2.05) is 6.07 Å². The number of hydrogen-bond acceptors (Lipinski definition) is 3. The third kappa shape index (κ3) is 4.37. The van der Waals surface area contributed by atoms with Crippen LogP contribution in [0.1, 0.15) is 5.56 Å². The molecular weight excluding hydrogens is 417 g/mol. The lowest BCUT2D eigenvalue weighted by Gasteiger charge is -2.04. The van der Waals surface area contributed by atoms with Gasteiger partial charge in [0.05, 0.1) is 39.1 Å². The molecule has 24 heavy (non-hydrogen) atoms. The van der Waals surface area contributed by atoms with Crippen molar-refractivity contribution in [2.75, 3.05) is 5.32 Å². The zero-order chi connectivity index (χ0) is 17.1. The predicted molar refractivity (Wildman–Crippen MR) is 96.3 cm³/mol. The summed E-state index contributed by atoms with van der Waals surface area (Å²) in [7, 11) is 0. The number of rotatable bonds is 5. The molecule has 0 aliphatic heterocycles. The Kier molecular flexibility index (Phi) is 5.23. The van der Waals surface area contributed by atoms with Gasteiger partial charge in [-0.3, -0.25) is 14.2 Å². The Morgan fingerprint density at radius 3 is 2.62 bits per heavy atom. The van der Waals surface area contributed by atoms with Crippen molar-refractivity contribution in [1.82, 2.24) is 19.6 Å². The predicted octanol–water partition coefficient (Wildman–Crippen LogP) is 3.84. The summed E-state index contributed by atoms with van der Waals surface area (Å²) >= 11 is 15.2. The Balaban J connectivity index is 1.60. The van der Waals surface area contributed by atoms with E-state index in [0.717, 1.165) is 10.0 Å². The van der Waals surface area contributed by atoms with Gasteiger partial charge in [0.2, 0.25) is 5.91 Å². The molecule has 124 valence electrons. The molecule has 6 nitrogen and oxygen atoms in total.